The van der Waals surface area contributed by atoms with E-state index in [0.717, 1.165) is 17.8 Å². The predicted octanol–water partition coefficient (Wildman–Crippen LogP) is 5.37. The van der Waals surface area contributed by atoms with Crippen molar-refractivity contribution in [3.63, 3.8) is 0 Å². The summed E-state index contributed by atoms with van der Waals surface area (Å²) >= 11 is 6.57. The highest BCUT2D eigenvalue weighted by Gasteiger charge is 2.20. The third-order valence-electron chi connectivity index (χ3n) is 5.50. The van der Waals surface area contributed by atoms with E-state index in [1.807, 2.05) is 12.1 Å². The molecular weight excluding hydrogens is 500 g/mol. The number of nitriles is 2. The Morgan fingerprint density at radius 3 is 2.57 bits per heavy atom. The smallest absolute Gasteiger partial charge is 0.249 e. The molecule has 9 nitrogen and oxygen atoms in total. The zero-order valence-electron chi connectivity index (χ0n) is 18.7. The van der Waals surface area contributed by atoms with Crippen molar-refractivity contribution in [2.24, 2.45) is 0 Å². The highest BCUT2D eigenvalue weighted by atomic mass is 35.5. The van der Waals surface area contributed by atoms with Gasteiger partial charge in [0.2, 0.25) is 5.95 Å². The molecule has 0 bridgehead atoms. The fourth-order valence-electron chi connectivity index (χ4n) is 3.83. The van der Waals surface area contributed by atoms with Gasteiger partial charge < -0.3 is 10.6 Å². The van der Waals surface area contributed by atoms with E-state index in [4.69, 9.17) is 11.6 Å². The molecule has 3 aromatic heterocycles. The number of anilines is 3. The zero-order chi connectivity index (χ0) is 25.9. The number of benzene rings is 2. The zero-order valence-corrected chi connectivity index (χ0v) is 19.4. The molecule has 0 aliphatic heterocycles. The molecule has 5 rings (SSSR count). The van der Waals surface area contributed by atoms with E-state index in [1.165, 1.54) is 6.20 Å². The second-order valence-corrected chi connectivity index (χ2v) is 8.25. The second-order valence-electron chi connectivity index (χ2n) is 7.84. The minimum Gasteiger partial charge on any atom is -0.373 e. The van der Waals surface area contributed by atoms with Gasteiger partial charge in [0.1, 0.15) is 11.8 Å². The Morgan fingerprint density at radius 1 is 0.973 bits per heavy atom. The number of halogens is 3. The molecular formula is C25H14ClF2N9. The van der Waals surface area contributed by atoms with Crippen molar-refractivity contribution in [2.75, 3.05) is 10.6 Å². The molecule has 0 saturated carbocycles. The third-order valence-corrected chi connectivity index (χ3v) is 5.79. The van der Waals surface area contributed by atoms with Gasteiger partial charge in [0.25, 0.3) is 0 Å². The van der Waals surface area contributed by atoms with Crippen molar-refractivity contribution in [2.45, 2.75) is 6.04 Å². The molecule has 2 aromatic carbocycles. The third kappa shape index (κ3) is 4.72. The minimum atomic E-state index is -1.24. The molecule has 180 valence electrons. The molecule has 0 fully saturated rings. The van der Waals surface area contributed by atoms with Gasteiger partial charge >= 0.3 is 0 Å². The number of pyridine rings is 2. The molecule has 5 aromatic rings. The second kappa shape index (κ2) is 9.85. The summed E-state index contributed by atoms with van der Waals surface area (Å²) in [4.78, 5) is 7.68. The molecule has 3 N–H and O–H groups in total. The maximum absolute atomic E-state index is 13.8. The number of nitrogens with one attached hydrogen (secondary N) is 3. The molecule has 1 atom stereocenters. The van der Waals surface area contributed by atoms with E-state index in [2.05, 4.69) is 42.1 Å². The van der Waals surface area contributed by atoms with E-state index in [9.17, 15) is 19.3 Å². The average molecular weight is 514 g/mol. The lowest BCUT2D eigenvalue weighted by Gasteiger charge is -2.20. The molecule has 1 unspecified atom stereocenters. The van der Waals surface area contributed by atoms with E-state index in [0.29, 0.717) is 27.8 Å². The van der Waals surface area contributed by atoms with Crippen molar-refractivity contribution in [3.05, 3.63) is 100 Å². The number of aromatic amines is 1. The van der Waals surface area contributed by atoms with Crippen LogP contribution in [-0.2, 0) is 0 Å². The van der Waals surface area contributed by atoms with Crippen LogP contribution in [-0.4, -0.2) is 25.4 Å². The van der Waals surface area contributed by atoms with Crippen LogP contribution < -0.4 is 10.6 Å². The average Bonchev–Trinajstić information content (AvgIpc) is 3.44. The van der Waals surface area contributed by atoms with Gasteiger partial charge in [0.05, 0.1) is 57.5 Å². The molecule has 0 spiro atoms. The van der Waals surface area contributed by atoms with Crippen LogP contribution in [0.15, 0.2) is 61.1 Å². The summed E-state index contributed by atoms with van der Waals surface area (Å²) in [5.41, 5.74) is 3.27. The van der Waals surface area contributed by atoms with Gasteiger partial charge in [-0.15, -0.1) is 0 Å². The van der Waals surface area contributed by atoms with Crippen LogP contribution in [0.2, 0.25) is 5.02 Å². The van der Waals surface area contributed by atoms with Crippen LogP contribution in [0.4, 0.5) is 25.8 Å². The highest BCUT2D eigenvalue weighted by molar-refractivity contribution is 6.36. The summed E-state index contributed by atoms with van der Waals surface area (Å²) in [7, 11) is 0. The van der Waals surface area contributed by atoms with E-state index in [-0.39, 0.29) is 22.0 Å². The molecule has 0 amide bonds. The van der Waals surface area contributed by atoms with Crippen molar-refractivity contribution >= 4 is 39.6 Å². The molecule has 0 radical (unpaired) electrons. The topological polar surface area (TPSA) is 139 Å². The maximum atomic E-state index is 13.8. The van der Waals surface area contributed by atoms with E-state index < -0.39 is 17.8 Å². The summed E-state index contributed by atoms with van der Waals surface area (Å²) in [6.07, 6.45) is 4.00. The number of fused-ring (bicyclic) bond motifs is 1. The highest BCUT2D eigenvalue weighted by Crippen LogP contribution is 2.36. The Hall–Kier alpha value is -5.13. The minimum absolute atomic E-state index is 0.131. The van der Waals surface area contributed by atoms with Gasteiger partial charge in [0, 0.05) is 23.3 Å². The Labute approximate surface area is 213 Å². The Kier molecular flexibility index (Phi) is 6.29. The van der Waals surface area contributed by atoms with Gasteiger partial charge in [-0.25, -0.2) is 9.37 Å². The predicted molar refractivity (Wildman–Crippen MR) is 132 cm³/mol. The van der Waals surface area contributed by atoms with Crippen LogP contribution in [0.1, 0.15) is 28.4 Å². The quantitative estimate of drug-likeness (QED) is 0.257. The lowest BCUT2D eigenvalue weighted by Crippen LogP contribution is -2.13. The summed E-state index contributed by atoms with van der Waals surface area (Å²) in [6.45, 7) is 0. The monoisotopic (exact) mass is 513 g/mol. The normalized spacial score (nSPS) is 11.5. The first-order valence-corrected chi connectivity index (χ1v) is 11.1. The number of aromatic nitrogens is 5. The fourth-order valence-corrected chi connectivity index (χ4v) is 4.10. The standard InChI is InChI=1S/C25H14ClF2N9/c26-19-6-16(34-23(21-12-33-37-36-21)14-3-1-2-13(4-14)8-29)5-18-22(15(9-30)10-31-24(18)19)35-17-7-20(27)25(28)32-11-17/h1-7,10-12,23,34H,(H,31,35)(H,33,36,37). The van der Waals surface area contributed by atoms with E-state index in [1.54, 1.807) is 36.5 Å². The molecule has 12 heteroatoms. The van der Waals surface area contributed by atoms with Gasteiger partial charge in [-0.05, 0) is 29.8 Å². The molecule has 37 heavy (non-hydrogen) atoms. The number of H-pyrrole nitrogens is 1. The van der Waals surface area contributed by atoms with E-state index >= 15 is 0 Å². The Balaban J connectivity index is 1.62. The maximum Gasteiger partial charge on any atom is 0.249 e. The Morgan fingerprint density at radius 2 is 1.84 bits per heavy atom. The van der Waals surface area contributed by atoms with Crippen LogP contribution in [0.3, 0.4) is 0 Å². The van der Waals surface area contributed by atoms with Crippen LogP contribution in [0.5, 0.6) is 0 Å². The number of nitrogens with zero attached hydrogens (tertiary/aromatic N) is 6. The van der Waals surface area contributed by atoms with Gasteiger partial charge in [-0.2, -0.15) is 30.3 Å². The van der Waals surface area contributed by atoms with Gasteiger partial charge in [-0.1, -0.05) is 23.7 Å². The lowest BCUT2D eigenvalue weighted by atomic mass is 10.0. The molecule has 3 heterocycles. The largest absolute Gasteiger partial charge is 0.373 e. The fraction of sp³-hybridized carbons (Fsp3) is 0.0400. The first-order valence-electron chi connectivity index (χ1n) is 10.7. The van der Waals surface area contributed by atoms with Gasteiger partial charge in [-0.3, -0.25) is 4.98 Å². The first kappa shape index (κ1) is 23.6. The van der Waals surface area contributed by atoms with Gasteiger partial charge in [0.15, 0.2) is 5.82 Å². The number of rotatable bonds is 6. The van der Waals surface area contributed by atoms with Crippen LogP contribution in [0, 0.1) is 34.4 Å². The first-order chi connectivity index (χ1) is 18.0. The number of hydrogen-bond donors (Lipinski definition) is 3. The summed E-state index contributed by atoms with van der Waals surface area (Å²) in [5, 5.41) is 36.7. The number of hydrogen-bond acceptors (Lipinski definition) is 8. The van der Waals surface area contributed by atoms with Crippen LogP contribution in [0.25, 0.3) is 10.9 Å². The Bertz CT molecular complexity index is 1710. The summed E-state index contributed by atoms with van der Waals surface area (Å²) < 4.78 is 27.1. The van der Waals surface area contributed by atoms with Crippen molar-refractivity contribution < 1.29 is 8.78 Å². The van der Waals surface area contributed by atoms with Crippen molar-refractivity contribution in [1.29, 1.82) is 10.5 Å². The lowest BCUT2D eigenvalue weighted by molar-refractivity contribution is 0.480. The molecule has 0 aliphatic carbocycles. The summed E-state index contributed by atoms with van der Waals surface area (Å²) in [6, 6.07) is 15.0. The van der Waals surface area contributed by atoms with Crippen LogP contribution >= 0.6 is 11.6 Å². The molecule has 0 saturated heterocycles. The summed E-state index contributed by atoms with van der Waals surface area (Å²) in [5.74, 6) is -2.38. The molecule has 0 aliphatic rings. The SMILES string of the molecule is N#Cc1cccc(C(Nc2cc(Cl)c3ncc(C#N)c(Nc4cnc(F)c(F)c4)c3c2)c2cn[nH]n2)c1. The van der Waals surface area contributed by atoms with Crippen molar-refractivity contribution in [3.8, 4) is 12.1 Å². The van der Waals surface area contributed by atoms with Crippen molar-refractivity contribution in [1.82, 2.24) is 25.4 Å².